The quantitative estimate of drug-likeness (QED) is 0.740. The van der Waals surface area contributed by atoms with Gasteiger partial charge in [-0.1, -0.05) is 35.9 Å². The molecule has 2 aromatic rings. The van der Waals surface area contributed by atoms with Gasteiger partial charge in [-0.25, -0.2) is 4.90 Å². The first-order chi connectivity index (χ1) is 13.6. The number of piperazine rings is 1. The predicted octanol–water partition coefficient (Wildman–Crippen LogP) is 2.80. The Labute approximate surface area is 169 Å². The molecule has 2 heterocycles. The van der Waals surface area contributed by atoms with E-state index in [4.69, 9.17) is 16.3 Å². The fraction of sp³-hybridized carbons (Fsp3) is 0.333. The van der Waals surface area contributed by atoms with Crippen LogP contribution in [0.5, 0.6) is 5.75 Å². The van der Waals surface area contributed by atoms with E-state index in [2.05, 4.69) is 9.80 Å². The Morgan fingerprint density at radius 1 is 0.929 bits per heavy atom. The average molecular weight is 400 g/mol. The molecular weight excluding hydrogens is 378 g/mol. The highest BCUT2D eigenvalue weighted by Crippen LogP contribution is 2.33. The van der Waals surface area contributed by atoms with Gasteiger partial charge >= 0.3 is 0 Å². The minimum atomic E-state index is -0.427. The van der Waals surface area contributed by atoms with Crippen LogP contribution in [0.1, 0.15) is 6.42 Å². The van der Waals surface area contributed by atoms with Crippen LogP contribution in [0.2, 0.25) is 5.02 Å². The van der Waals surface area contributed by atoms with Crippen LogP contribution in [0.15, 0.2) is 48.5 Å². The van der Waals surface area contributed by atoms with E-state index in [1.807, 2.05) is 24.3 Å². The van der Waals surface area contributed by atoms with Gasteiger partial charge in [-0.05, 0) is 24.3 Å². The van der Waals surface area contributed by atoms with Gasteiger partial charge in [0, 0.05) is 26.2 Å². The summed E-state index contributed by atoms with van der Waals surface area (Å²) in [5, 5.41) is 0.408. The predicted molar refractivity (Wildman–Crippen MR) is 109 cm³/mol. The number of rotatable bonds is 4. The van der Waals surface area contributed by atoms with Gasteiger partial charge in [0.25, 0.3) is 5.91 Å². The molecule has 2 aliphatic heterocycles. The molecule has 0 radical (unpaired) electrons. The maximum Gasteiger partial charge on any atom is 0.251 e. The molecule has 2 saturated heterocycles. The normalized spacial score (nSPS) is 20.7. The summed E-state index contributed by atoms with van der Waals surface area (Å²) in [6, 6.07) is 14.5. The number of para-hydroxylation sites is 3. The molecule has 0 aromatic heterocycles. The number of halogens is 1. The molecule has 7 heteroatoms. The van der Waals surface area contributed by atoms with Gasteiger partial charge in [0.1, 0.15) is 5.75 Å². The molecule has 0 N–H and O–H groups in total. The maximum atomic E-state index is 13.0. The molecule has 146 valence electrons. The van der Waals surface area contributed by atoms with E-state index in [1.54, 1.807) is 31.4 Å². The number of nitrogens with zero attached hydrogens (tertiary/aromatic N) is 3. The average Bonchev–Trinajstić information content (AvgIpc) is 3.02. The molecule has 2 aromatic carbocycles. The maximum absolute atomic E-state index is 13.0. The Morgan fingerprint density at radius 3 is 2.25 bits per heavy atom. The van der Waals surface area contributed by atoms with Gasteiger partial charge in [0.15, 0.2) is 0 Å². The standard InChI is InChI=1S/C21H22ClN3O3/c1-28-19-9-5-4-8-17(19)23-10-12-24(13-11-23)18-14-20(26)25(21(18)27)16-7-3-2-6-15(16)22/h2-9,18H,10-14H2,1H3. The SMILES string of the molecule is COc1ccccc1N1CCN(C2CC(=O)N(c3ccccc3Cl)C2=O)CC1. The molecule has 6 nitrogen and oxygen atoms in total. The van der Waals surface area contributed by atoms with Crippen molar-refractivity contribution in [3.63, 3.8) is 0 Å². The fourth-order valence-electron chi connectivity index (χ4n) is 3.95. The van der Waals surface area contributed by atoms with E-state index in [0.717, 1.165) is 24.5 Å². The zero-order valence-corrected chi connectivity index (χ0v) is 16.4. The van der Waals surface area contributed by atoms with Gasteiger partial charge in [-0.2, -0.15) is 0 Å². The van der Waals surface area contributed by atoms with Gasteiger partial charge in [-0.15, -0.1) is 0 Å². The smallest absolute Gasteiger partial charge is 0.251 e. The molecule has 2 fully saturated rings. The van der Waals surface area contributed by atoms with Crippen molar-refractivity contribution >= 4 is 34.8 Å². The van der Waals surface area contributed by atoms with Crippen LogP contribution < -0.4 is 14.5 Å². The van der Waals surface area contributed by atoms with Crippen molar-refractivity contribution in [1.29, 1.82) is 0 Å². The van der Waals surface area contributed by atoms with Crippen LogP contribution in [-0.2, 0) is 9.59 Å². The minimum Gasteiger partial charge on any atom is -0.495 e. The third-order valence-corrected chi connectivity index (χ3v) is 5.72. The number of hydrogen-bond donors (Lipinski definition) is 0. The van der Waals surface area contributed by atoms with Gasteiger partial charge in [0.2, 0.25) is 5.91 Å². The number of carbonyl (C=O) groups excluding carboxylic acids is 2. The first-order valence-electron chi connectivity index (χ1n) is 9.33. The molecule has 0 bridgehead atoms. The number of amides is 2. The Balaban J connectivity index is 1.46. The lowest BCUT2D eigenvalue weighted by Crippen LogP contribution is -2.52. The molecular formula is C21H22ClN3O3. The lowest BCUT2D eigenvalue weighted by molar-refractivity contribution is -0.123. The van der Waals surface area contributed by atoms with Crippen molar-refractivity contribution in [2.75, 3.05) is 43.1 Å². The Hall–Kier alpha value is -2.57. The summed E-state index contributed by atoms with van der Waals surface area (Å²) < 4.78 is 5.46. The highest BCUT2D eigenvalue weighted by Gasteiger charge is 2.44. The molecule has 2 aliphatic rings. The molecule has 1 unspecified atom stereocenters. The molecule has 0 aliphatic carbocycles. The summed E-state index contributed by atoms with van der Waals surface area (Å²) in [7, 11) is 1.67. The second-order valence-electron chi connectivity index (χ2n) is 6.93. The van der Waals surface area contributed by atoms with Crippen LogP contribution in [0.3, 0.4) is 0 Å². The van der Waals surface area contributed by atoms with Gasteiger partial charge in [-0.3, -0.25) is 14.5 Å². The highest BCUT2D eigenvalue weighted by atomic mass is 35.5. The zero-order valence-electron chi connectivity index (χ0n) is 15.7. The first-order valence-corrected chi connectivity index (χ1v) is 9.71. The van der Waals surface area contributed by atoms with Crippen LogP contribution in [0.25, 0.3) is 0 Å². The lowest BCUT2D eigenvalue weighted by Gasteiger charge is -2.38. The molecule has 1 atom stereocenters. The summed E-state index contributed by atoms with van der Waals surface area (Å²) in [4.78, 5) is 31.1. The Bertz CT molecular complexity index is 896. The van der Waals surface area contributed by atoms with E-state index < -0.39 is 6.04 Å². The van der Waals surface area contributed by atoms with Crippen molar-refractivity contribution in [2.45, 2.75) is 12.5 Å². The number of benzene rings is 2. The Kier molecular flexibility index (Phi) is 5.24. The van der Waals surface area contributed by atoms with Crippen LogP contribution >= 0.6 is 11.6 Å². The highest BCUT2D eigenvalue weighted by molar-refractivity contribution is 6.36. The number of hydrogen-bond acceptors (Lipinski definition) is 5. The molecule has 0 saturated carbocycles. The summed E-state index contributed by atoms with van der Waals surface area (Å²) in [6.45, 7) is 2.95. The molecule has 0 spiro atoms. The van der Waals surface area contributed by atoms with Crippen molar-refractivity contribution < 1.29 is 14.3 Å². The van der Waals surface area contributed by atoms with E-state index in [0.29, 0.717) is 23.8 Å². The summed E-state index contributed by atoms with van der Waals surface area (Å²) in [5.74, 6) is 0.451. The zero-order chi connectivity index (χ0) is 19.7. The number of methoxy groups -OCH3 is 1. The number of ether oxygens (including phenoxy) is 1. The topological polar surface area (TPSA) is 53.1 Å². The van der Waals surface area contributed by atoms with Gasteiger partial charge in [0.05, 0.1) is 36.0 Å². The Morgan fingerprint density at radius 2 is 1.57 bits per heavy atom. The first kappa shape index (κ1) is 18.8. The van der Waals surface area contributed by atoms with Crippen molar-refractivity contribution in [3.05, 3.63) is 53.6 Å². The van der Waals surface area contributed by atoms with Crippen LogP contribution in [0, 0.1) is 0 Å². The summed E-state index contributed by atoms with van der Waals surface area (Å²) in [5.41, 5.74) is 1.52. The molecule has 4 rings (SSSR count). The summed E-state index contributed by atoms with van der Waals surface area (Å²) >= 11 is 6.21. The fourth-order valence-corrected chi connectivity index (χ4v) is 4.17. The lowest BCUT2D eigenvalue weighted by atomic mass is 10.1. The largest absolute Gasteiger partial charge is 0.495 e. The second kappa shape index (κ2) is 7.81. The van der Waals surface area contributed by atoms with Crippen LogP contribution in [-0.4, -0.2) is 56.0 Å². The van der Waals surface area contributed by atoms with E-state index in [-0.39, 0.29) is 18.2 Å². The summed E-state index contributed by atoms with van der Waals surface area (Å²) in [6.07, 6.45) is 0.193. The van der Waals surface area contributed by atoms with E-state index in [1.165, 1.54) is 4.90 Å². The minimum absolute atomic E-state index is 0.191. The van der Waals surface area contributed by atoms with Gasteiger partial charge < -0.3 is 9.64 Å². The van der Waals surface area contributed by atoms with Crippen molar-refractivity contribution in [3.8, 4) is 5.75 Å². The number of imide groups is 1. The van der Waals surface area contributed by atoms with Crippen molar-refractivity contribution in [1.82, 2.24) is 4.90 Å². The van der Waals surface area contributed by atoms with E-state index in [9.17, 15) is 9.59 Å². The monoisotopic (exact) mass is 399 g/mol. The number of carbonyl (C=O) groups is 2. The van der Waals surface area contributed by atoms with Crippen molar-refractivity contribution in [2.24, 2.45) is 0 Å². The van der Waals surface area contributed by atoms with Crippen LogP contribution in [0.4, 0.5) is 11.4 Å². The third kappa shape index (κ3) is 3.34. The number of anilines is 2. The second-order valence-corrected chi connectivity index (χ2v) is 7.34. The third-order valence-electron chi connectivity index (χ3n) is 5.40. The molecule has 2 amide bonds. The van der Waals surface area contributed by atoms with E-state index >= 15 is 0 Å². The molecule has 28 heavy (non-hydrogen) atoms.